The summed E-state index contributed by atoms with van der Waals surface area (Å²) in [4.78, 5) is 8.68. The summed E-state index contributed by atoms with van der Waals surface area (Å²) >= 11 is 0. The fraction of sp³-hybridized carbons (Fsp3) is 0.444. The second-order valence-corrected chi connectivity index (χ2v) is 5.92. The van der Waals surface area contributed by atoms with Gasteiger partial charge in [-0.05, 0) is 37.0 Å². The van der Waals surface area contributed by atoms with Crippen molar-refractivity contribution in [3.8, 4) is 0 Å². The summed E-state index contributed by atoms with van der Waals surface area (Å²) < 4.78 is 14.3. The Morgan fingerprint density at radius 3 is 2.59 bits per heavy atom. The van der Waals surface area contributed by atoms with E-state index in [4.69, 9.17) is 0 Å². The fourth-order valence-corrected chi connectivity index (χ4v) is 2.39. The van der Waals surface area contributed by atoms with Gasteiger partial charge in [-0.25, -0.2) is 14.4 Å². The maximum atomic E-state index is 14.3. The molecule has 0 radical (unpaired) electrons. The average Bonchev–Trinajstić information content (AvgIpc) is 2.47. The average molecular weight is 301 g/mol. The highest BCUT2D eigenvalue weighted by Gasteiger charge is 2.13. The summed E-state index contributed by atoms with van der Waals surface area (Å²) in [6.45, 7) is 8.15. The Balaban J connectivity index is 2.15. The summed E-state index contributed by atoms with van der Waals surface area (Å²) in [6, 6.07) is 7.18. The molecule has 1 atom stereocenters. The van der Waals surface area contributed by atoms with E-state index in [0.717, 1.165) is 24.1 Å². The standard InChI is InChI=1S/C18H24FN3/c1-5-6-15-9-10-20-18(22-15)21-13(4)16-8-7-14(12(2)3)11-17(16)19/h7-13H,5-6H2,1-4H3,(H,20,21,22)/t13-/m0/s1. The van der Waals surface area contributed by atoms with Gasteiger partial charge >= 0.3 is 0 Å². The molecule has 0 amide bonds. The van der Waals surface area contributed by atoms with Gasteiger partial charge in [0.1, 0.15) is 5.82 Å². The van der Waals surface area contributed by atoms with Crippen LogP contribution in [-0.4, -0.2) is 9.97 Å². The van der Waals surface area contributed by atoms with E-state index in [1.165, 1.54) is 0 Å². The van der Waals surface area contributed by atoms with Crippen LogP contribution < -0.4 is 5.32 Å². The summed E-state index contributed by atoms with van der Waals surface area (Å²) in [6.07, 6.45) is 3.70. The minimum atomic E-state index is -0.184. The molecule has 0 spiro atoms. The Kier molecular flexibility index (Phi) is 5.47. The van der Waals surface area contributed by atoms with Crippen molar-refractivity contribution >= 4 is 5.95 Å². The first-order valence-electron chi connectivity index (χ1n) is 7.89. The van der Waals surface area contributed by atoms with E-state index in [-0.39, 0.29) is 11.9 Å². The minimum absolute atomic E-state index is 0.182. The zero-order valence-electron chi connectivity index (χ0n) is 13.7. The molecular formula is C18H24FN3. The van der Waals surface area contributed by atoms with E-state index in [1.807, 2.05) is 25.1 Å². The maximum Gasteiger partial charge on any atom is 0.223 e. The number of nitrogens with zero attached hydrogens (tertiary/aromatic N) is 2. The molecule has 1 N–H and O–H groups in total. The number of hydrogen-bond acceptors (Lipinski definition) is 3. The van der Waals surface area contributed by atoms with Gasteiger partial charge in [-0.2, -0.15) is 0 Å². The van der Waals surface area contributed by atoms with E-state index >= 15 is 0 Å². The number of rotatable bonds is 6. The normalized spacial score (nSPS) is 12.5. The zero-order valence-corrected chi connectivity index (χ0v) is 13.7. The van der Waals surface area contributed by atoms with Gasteiger partial charge in [0.25, 0.3) is 0 Å². The minimum Gasteiger partial charge on any atom is -0.348 e. The molecule has 2 rings (SSSR count). The molecule has 1 heterocycles. The predicted molar refractivity (Wildman–Crippen MR) is 88.6 cm³/mol. The molecule has 0 bridgehead atoms. The molecule has 0 saturated carbocycles. The van der Waals surface area contributed by atoms with E-state index in [2.05, 4.69) is 36.1 Å². The number of aromatic nitrogens is 2. The van der Waals surface area contributed by atoms with Gasteiger partial charge < -0.3 is 5.32 Å². The van der Waals surface area contributed by atoms with Gasteiger partial charge in [0, 0.05) is 17.5 Å². The van der Waals surface area contributed by atoms with Crippen LogP contribution in [0.15, 0.2) is 30.5 Å². The second kappa shape index (κ2) is 7.34. The molecule has 0 aliphatic rings. The van der Waals surface area contributed by atoms with Crippen LogP contribution in [0.25, 0.3) is 0 Å². The highest BCUT2D eigenvalue weighted by Crippen LogP contribution is 2.24. The molecule has 1 aromatic carbocycles. The number of benzene rings is 1. The molecule has 0 aliphatic heterocycles. The van der Waals surface area contributed by atoms with Crippen molar-refractivity contribution < 1.29 is 4.39 Å². The SMILES string of the molecule is CCCc1ccnc(N[C@@H](C)c2ccc(C(C)C)cc2F)n1. The third kappa shape index (κ3) is 4.03. The van der Waals surface area contributed by atoms with Gasteiger partial charge in [0.2, 0.25) is 5.95 Å². The molecule has 0 aliphatic carbocycles. The second-order valence-electron chi connectivity index (χ2n) is 5.92. The first kappa shape index (κ1) is 16.4. The Morgan fingerprint density at radius 1 is 1.18 bits per heavy atom. The van der Waals surface area contributed by atoms with Crippen LogP contribution in [0.5, 0.6) is 0 Å². The van der Waals surface area contributed by atoms with E-state index in [0.29, 0.717) is 17.4 Å². The Hall–Kier alpha value is -1.97. The van der Waals surface area contributed by atoms with Crippen molar-refractivity contribution in [3.05, 3.63) is 53.1 Å². The summed E-state index contributed by atoms with van der Waals surface area (Å²) in [5.41, 5.74) is 2.64. The van der Waals surface area contributed by atoms with E-state index in [1.54, 1.807) is 12.3 Å². The largest absolute Gasteiger partial charge is 0.348 e. The van der Waals surface area contributed by atoms with Crippen molar-refractivity contribution in [2.45, 2.75) is 52.5 Å². The molecule has 22 heavy (non-hydrogen) atoms. The van der Waals surface area contributed by atoms with Crippen LogP contribution in [-0.2, 0) is 6.42 Å². The molecule has 2 aromatic rings. The van der Waals surface area contributed by atoms with Gasteiger partial charge in [-0.3, -0.25) is 0 Å². The molecule has 0 fully saturated rings. The quantitative estimate of drug-likeness (QED) is 0.827. The highest BCUT2D eigenvalue weighted by atomic mass is 19.1. The first-order chi connectivity index (χ1) is 10.5. The fourth-order valence-electron chi connectivity index (χ4n) is 2.39. The van der Waals surface area contributed by atoms with Gasteiger partial charge in [0.05, 0.1) is 6.04 Å². The van der Waals surface area contributed by atoms with Crippen LogP contribution in [0.1, 0.15) is 62.9 Å². The lowest BCUT2D eigenvalue weighted by Crippen LogP contribution is -2.12. The van der Waals surface area contributed by atoms with E-state index in [9.17, 15) is 4.39 Å². The first-order valence-corrected chi connectivity index (χ1v) is 7.89. The van der Waals surface area contributed by atoms with Crippen LogP contribution in [0.3, 0.4) is 0 Å². The van der Waals surface area contributed by atoms with Crippen LogP contribution >= 0.6 is 0 Å². The Labute approximate surface area is 132 Å². The predicted octanol–water partition coefficient (Wildman–Crippen LogP) is 4.86. The molecule has 3 nitrogen and oxygen atoms in total. The van der Waals surface area contributed by atoms with Crippen LogP contribution in [0.4, 0.5) is 10.3 Å². The molecule has 118 valence electrons. The van der Waals surface area contributed by atoms with Crippen molar-refractivity contribution in [3.63, 3.8) is 0 Å². The summed E-state index contributed by atoms with van der Waals surface area (Å²) in [5.74, 6) is 0.683. The van der Waals surface area contributed by atoms with Gasteiger partial charge in [-0.1, -0.05) is 39.3 Å². The third-order valence-corrected chi connectivity index (χ3v) is 3.72. The van der Waals surface area contributed by atoms with Crippen molar-refractivity contribution in [2.75, 3.05) is 5.32 Å². The van der Waals surface area contributed by atoms with Gasteiger partial charge in [-0.15, -0.1) is 0 Å². The molecule has 0 saturated heterocycles. The lowest BCUT2D eigenvalue weighted by Gasteiger charge is -2.16. The third-order valence-electron chi connectivity index (χ3n) is 3.72. The zero-order chi connectivity index (χ0) is 16.1. The topological polar surface area (TPSA) is 37.8 Å². The lowest BCUT2D eigenvalue weighted by atomic mass is 9.99. The van der Waals surface area contributed by atoms with Crippen LogP contribution in [0, 0.1) is 5.82 Å². The molecule has 0 unspecified atom stereocenters. The van der Waals surface area contributed by atoms with Crippen molar-refractivity contribution in [1.29, 1.82) is 0 Å². The number of halogens is 1. The number of nitrogens with one attached hydrogen (secondary N) is 1. The van der Waals surface area contributed by atoms with Gasteiger partial charge in [0.15, 0.2) is 0 Å². The highest BCUT2D eigenvalue weighted by molar-refractivity contribution is 5.35. The monoisotopic (exact) mass is 301 g/mol. The van der Waals surface area contributed by atoms with E-state index < -0.39 is 0 Å². The van der Waals surface area contributed by atoms with Crippen LogP contribution in [0.2, 0.25) is 0 Å². The molecular weight excluding hydrogens is 277 g/mol. The Morgan fingerprint density at radius 2 is 1.95 bits per heavy atom. The maximum absolute atomic E-state index is 14.3. The number of anilines is 1. The van der Waals surface area contributed by atoms with Crippen molar-refractivity contribution in [2.24, 2.45) is 0 Å². The number of hydrogen-bond donors (Lipinski definition) is 1. The Bertz CT molecular complexity index is 625. The molecule has 1 aromatic heterocycles. The number of aryl methyl sites for hydroxylation is 1. The van der Waals surface area contributed by atoms with Crippen molar-refractivity contribution in [1.82, 2.24) is 9.97 Å². The smallest absolute Gasteiger partial charge is 0.223 e. The summed E-state index contributed by atoms with van der Waals surface area (Å²) in [5, 5.41) is 3.18. The molecule has 4 heteroatoms. The lowest BCUT2D eigenvalue weighted by molar-refractivity contribution is 0.595. The summed E-state index contributed by atoms with van der Waals surface area (Å²) in [7, 11) is 0.